The molecule has 0 aliphatic rings. The highest BCUT2D eigenvalue weighted by molar-refractivity contribution is 5.81. The summed E-state index contributed by atoms with van der Waals surface area (Å²) in [7, 11) is 0. The molecule has 1 amide bonds. The summed E-state index contributed by atoms with van der Waals surface area (Å²) >= 11 is 0. The molecule has 5 N–H and O–H groups in total. The molecule has 0 saturated carbocycles. The predicted molar refractivity (Wildman–Crippen MR) is 63.4 cm³/mol. The van der Waals surface area contributed by atoms with E-state index in [9.17, 15) is 14.7 Å². The van der Waals surface area contributed by atoms with Gasteiger partial charge in [0.25, 0.3) is 0 Å². The lowest BCUT2D eigenvalue weighted by molar-refractivity contribution is -0.142. The van der Waals surface area contributed by atoms with Gasteiger partial charge in [-0.1, -0.05) is 19.8 Å². The summed E-state index contributed by atoms with van der Waals surface area (Å²) in [5.41, 5.74) is 4.17. The summed E-state index contributed by atoms with van der Waals surface area (Å²) in [5, 5.41) is 20.7. The molecular formula is C11H22N2O4. The van der Waals surface area contributed by atoms with Crippen LogP contribution in [0.25, 0.3) is 0 Å². The van der Waals surface area contributed by atoms with Gasteiger partial charge >= 0.3 is 5.97 Å². The van der Waals surface area contributed by atoms with Gasteiger partial charge < -0.3 is 21.3 Å². The van der Waals surface area contributed by atoms with Crippen LogP contribution in [0.1, 0.15) is 39.5 Å². The fourth-order valence-electron chi connectivity index (χ4n) is 1.35. The van der Waals surface area contributed by atoms with Crippen LogP contribution in [0.2, 0.25) is 0 Å². The lowest BCUT2D eigenvalue weighted by atomic mass is 10.0. The number of carboxylic acids is 1. The highest BCUT2D eigenvalue weighted by Gasteiger charge is 2.25. The number of carbonyl (C=O) groups is 2. The Morgan fingerprint density at radius 2 is 2.06 bits per heavy atom. The molecule has 0 aromatic heterocycles. The van der Waals surface area contributed by atoms with Crippen LogP contribution in [0.15, 0.2) is 0 Å². The molecule has 0 aromatic carbocycles. The van der Waals surface area contributed by atoms with Crippen LogP contribution in [0.3, 0.4) is 0 Å². The number of carboxylic acid groups (broad SMARTS) is 1. The van der Waals surface area contributed by atoms with Gasteiger partial charge in [0, 0.05) is 6.54 Å². The van der Waals surface area contributed by atoms with Crippen molar-refractivity contribution >= 4 is 11.9 Å². The van der Waals surface area contributed by atoms with E-state index in [1.165, 1.54) is 6.92 Å². The smallest absolute Gasteiger partial charge is 0.306 e. The number of hydrogen-bond acceptors (Lipinski definition) is 4. The summed E-state index contributed by atoms with van der Waals surface area (Å²) < 4.78 is 0. The molecule has 6 nitrogen and oxygen atoms in total. The molecule has 0 aliphatic carbocycles. The van der Waals surface area contributed by atoms with Crippen molar-refractivity contribution in [1.82, 2.24) is 5.32 Å². The fraction of sp³-hybridized carbons (Fsp3) is 0.818. The number of amides is 1. The van der Waals surface area contributed by atoms with Crippen molar-refractivity contribution in [2.75, 3.05) is 6.54 Å². The van der Waals surface area contributed by atoms with Crippen LogP contribution in [0.5, 0.6) is 0 Å². The number of carbonyl (C=O) groups excluding carboxylic acids is 1. The van der Waals surface area contributed by atoms with E-state index in [1.807, 2.05) is 6.92 Å². The molecule has 0 bridgehead atoms. The Morgan fingerprint density at radius 1 is 1.47 bits per heavy atom. The predicted octanol–water partition coefficient (Wildman–Crippen LogP) is -0.154. The van der Waals surface area contributed by atoms with Crippen LogP contribution < -0.4 is 11.1 Å². The largest absolute Gasteiger partial charge is 0.481 e. The zero-order valence-corrected chi connectivity index (χ0v) is 10.4. The van der Waals surface area contributed by atoms with E-state index in [4.69, 9.17) is 10.8 Å². The molecule has 0 aliphatic heterocycles. The number of hydrogen-bond donors (Lipinski definition) is 4. The molecule has 0 saturated heterocycles. The first-order valence-corrected chi connectivity index (χ1v) is 5.76. The Hall–Kier alpha value is -1.14. The number of rotatable bonds is 8. The summed E-state index contributed by atoms with van der Waals surface area (Å²) in [4.78, 5) is 21.9. The molecule has 6 heteroatoms. The molecule has 0 aromatic rings. The summed E-state index contributed by atoms with van der Waals surface area (Å²) in [6.45, 7) is 3.25. The minimum Gasteiger partial charge on any atom is -0.481 e. The molecule has 0 radical (unpaired) electrons. The first kappa shape index (κ1) is 15.9. The Labute approximate surface area is 101 Å². The summed E-state index contributed by atoms with van der Waals surface area (Å²) in [6, 6.07) is -0.601. The van der Waals surface area contributed by atoms with Crippen molar-refractivity contribution in [3.05, 3.63) is 0 Å². The lowest BCUT2D eigenvalue weighted by Crippen LogP contribution is -2.47. The maximum absolute atomic E-state index is 11.5. The molecule has 1 unspecified atom stereocenters. The molecule has 2 atom stereocenters. The third kappa shape index (κ3) is 7.70. The number of nitrogens with two attached hydrogens (primary N) is 1. The maximum atomic E-state index is 11.5. The average Bonchev–Trinajstić information content (AvgIpc) is 2.20. The van der Waals surface area contributed by atoms with Gasteiger partial charge in [0.1, 0.15) is 0 Å². The number of nitrogens with one attached hydrogen (secondary N) is 1. The minimum absolute atomic E-state index is 0.113. The molecule has 0 heterocycles. The number of unbranched alkanes of at least 4 members (excludes halogenated alkanes) is 1. The van der Waals surface area contributed by atoms with Crippen LogP contribution in [0, 0.1) is 0 Å². The van der Waals surface area contributed by atoms with E-state index in [0.717, 1.165) is 12.8 Å². The standard InChI is InChI=1S/C11H22N2O4/c1-3-4-5-8(12)10(16)13-7-11(2,17)6-9(14)15/h8,17H,3-7,12H2,1-2H3,(H,13,16)(H,14,15)/t8-,11?/m0/s1. The summed E-state index contributed by atoms with van der Waals surface area (Å²) in [5.74, 6) is -1.47. The second kappa shape index (κ2) is 7.24. The third-order valence-corrected chi connectivity index (χ3v) is 2.38. The Bertz CT molecular complexity index is 266. The van der Waals surface area contributed by atoms with E-state index in [-0.39, 0.29) is 12.5 Å². The van der Waals surface area contributed by atoms with Crippen molar-refractivity contribution in [1.29, 1.82) is 0 Å². The van der Waals surface area contributed by atoms with Gasteiger partial charge in [0.2, 0.25) is 5.91 Å². The van der Waals surface area contributed by atoms with Gasteiger partial charge in [0.15, 0.2) is 0 Å². The van der Waals surface area contributed by atoms with Gasteiger partial charge in [-0.3, -0.25) is 9.59 Å². The van der Waals surface area contributed by atoms with Gasteiger partial charge in [0.05, 0.1) is 18.1 Å². The van der Waals surface area contributed by atoms with Crippen LogP contribution in [-0.2, 0) is 9.59 Å². The quantitative estimate of drug-likeness (QED) is 0.475. The van der Waals surface area contributed by atoms with Crippen LogP contribution in [0.4, 0.5) is 0 Å². The zero-order chi connectivity index (χ0) is 13.5. The van der Waals surface area contributed by atoms with Gasteiger partial charge in [-0.25, -0.2) is 0 Å². The van der Waals surface area contributed by atoms with Crippen molar-refractivity contribution in [2.45, 2.75) is 51.2 Å². The van der Waals surface area contributed by atoms with E-state index >= 15 is 0 Å². The normalized spacial score (nSPS) is 16.0. The fourth-order valence-corrected chi connectivity index (χ4v) is 1.35. The molecular weight excluding hydrogens is 224 g/mol. The zero-order valence-electron chi connectivity index (χ0n) is 10.4. The van der Waals surface area contributed by atoms with E-state index in [2.05, 4.69) is 5.32 Å². The van der Waals surface area contributed by atoms with Gasteiger partial charge in [-0.05, 0) is 13.3 Å². The first-order chi connectivity index (χ1) is 7.78. The van der Waals surface area contributed by atoms with Crippen molar-refractivity contribution in [3.8, 4) is 0 Å². The monoisotopic (exact) mass is 246 g/mol. The van der Waals surface area contributed by atoms with Crippen molar-refractivity contribution in [3.63, 3.8) is 0 Å². The molecule has 0 spiro atoms. The molecule has 100 valence electrons. The molecule has 17 heavy (non-hydrogen) atoms. The van der Waals surface area contributed by atoms with Gasteiger partial charge in [-0.15, -0.1) is 0 Å². The number of aliphatic carboxylic acids is 1. The third-order valence-electron chi connectivity index (χ3n) is 2.38. The van der Waals surface area contributed by atoms with E-state index in [1.54, 1.807) is 0 Å². The van der Waals surface area contributed by atoms with Crippen molar-refractivity contribution in [2.24, 2.45) is 5.73 Å². The lowest BCUT2D eigenvalue weighted by Gasteiger charge is -2.22. The Morgan fingerprint density at radius 3 is 2.53 bits per heavy atom. The second-order valence-corrected chi connectivity index (χ2v) is 4.53. The average molecular weight is 246 g/mol. The highest BCUT2D eigenvalue weighted by atomic mass is 16.4. The second-order valence-electron chi connectivity index (χ2n) is 4.53. The van der Waals surface area contributed by atoms with Crippen LogP contribution in [-0.4, -0.2) is 40.3 Å². The number of aliphatic hydroxyl groups is 1. The first-order valence-electron chi connectivity index (χ1n) is 5.76. The molecule has 0 rings (SSSR count). The Kier molecular flexibility index (Phi) is 6.75. The SMILES string of the molecule is CCCC[C@H](N)C(=O)NCC(C)(O)CC(=O)O. The van der Waals surface area contributed by atoms with Gasteiger partial charge in [-0.2, -0.15) is 0 Å². The summed E-state index contributed by atoms with van der Waals surface area (Å²) in [6.07, 6.45) is 1.98. The highest BCUT2D eigenvalue weighted by Crippen LogP contribution is 2.07. The topological polar surface area (TPSA) is 113 Å². The van der Waals surface area contributed by atoms with E-state index in [0.29, 0.717) is 6.42 Å². The van der Waals surface area contributed by atoms with Crippen molar-refractivity contribution < 1.29 is 19.8 Å². The Balaban J connectivity index is 4.01. The minimum atomic E-state index is -1.45. The maximum Gasteiger partial charge on any atom is 0.306 e. The van der Waals surface area contributed by atoms with E-state index < -0.39 is 24.0 Å². The van der Waals surface area contributed by atoms with Crippen LogP contribution >= 0.6 is 0 Å². The molecule has 0 fully saturated rings.